The lowest BCUT2D eigenvalue weighted by atomic mass is 10.2. The molecule has 0 fully saturated rings. The first-order chi connectivity index (χ1) is 10.9. The van der Waals surface area contributed by atoms with Gasteiger partial charge in [-0.1, -0.05) is 6.07 Å². The molecule has 2 aromatic carbocycles. The van der Waals surface area contributed by atoms with Crippen molar-refractivity contribution in [2.24, 2.45) is 0 Å². The molecule has 0 radical (unpaired) electrons. The van der Waals surface area contributed by atoms with Gasteiger partial charge in [0.2, 0.25) is 5.91 Å². The molecule has 0 spiro atoms. The smallest absolute Gasteiger partial charge is 0.339 e. The van der Waals surface area contributed by atoms with Crippen LogP contribution in [0, 0.1) is 5.82 Å². The van der Waals surface area contributed by atoms with Gasteiger partial charge in [0.05, 0.1) is 11.7 Å². The molecule has 0 saturated carbocycles. The molecule has 0 saturated heterocycles. The molecule has 8 heteroatoms. The van der Waals surface area contributed by atoms with E-state index in [1.165, 1.54) is 48.1 Å². The second kappa shape index (κ2) is 5.47. The number of nitrogens with zero attached hydrogens (tertiary/aromatic N) is 2. The fourth-order valence-corrected chi connectivity index (χ4v) is 3.07. The van der Waals surface area contributed by atoms with Crippen molar-refractivity contribution in [3.8, 4) is 5.75 Å². The lowest BCUT2D eigenvalue weighted by Gasteiger charge is -2.07. The van der Waals surface area contributed by atoms with Crippen molar-refractivity contribution in [3.63, 3.8) is 0 Å². The molecule has 0 bridgehead atoms. The first-order valence-corrected chi connectivity index (χ1v) is 7.96. The Balaban J connectivity index is 1.97. The molecule has 0 aliphatic heterocycles. The summed E-state index contributed by atoms with van der Waals surface area (Å²) in [6.07, 6.45) is 1.43. The van der Waals surface area contributed by atoms with Crippen molar-refractivity contribution in [2.45, 2.75) is 11.8 Å². The van der Waals surface area contributed by atoms with Crippen LogP contribution in [-0.2, 0) is 10.1 Å². The Morgan fingerprint density at radius 3 is 2.70 bits per heavy atom. The molecule has 3 aromatic rings. The van der Waals surface area contributed by atoms with Gasteiger partial charge in [-0.15, -0.1) is 0 Å². The van der Waals surface area contributed by atoms with Gasteiger partial charge >= 0.3 is 10.1 Å². The number of carbonyl (C=O) groups is 1. The van der Waals surface area contributed by atoms with Crippen molar-refractivity contribution in [1.82, 2.24) is 9.78 Å². The third kappa shape index (κ3) is 2.93. The highest BCUT2D eigenvalue weighted by atomic mass is 32.2. The minimum absolute atomic E-state index is 0.0462. The van der Waals surface area contributed by atoms with Gasteiger partial charge in [-0.3, -0.25) is 4.79 Å². The van der Waals surface area contributed by atoms with E-state index in [9.17, 15) is 17.6 Å². The minimum atomic E-state index is -4.15. The summed E-state index contributed by atoms with van der Waals surface area (Å²) in [6, 6.07) is 8.92. The molecule has 0 atom stereocenters. The van der Waals surface area contributed by atoms with Crippen LogP contribution in [-0.4, -0.2) is 24.1 Å². The summed E-state index contributed by atoms with van der Waals surface area (Å²) in [7, 11) is -4.15. The second-order valence-corrected chi connectivity index (χ2v) is 6.34. The summed E-state index contributed by atoms with van der Waals surface area (Å²) in [5.41, 5.74) is 0.535. The van der Waals surface area contributed by atoms with Crippen molar-refractivity contribution in [3.05, 3.63) is 54.5 Å². The molecule has 0 amide bonds. The zero-order valence-electron chi connectivity index (χ0n) is 11.9. The number of hydrogen-bond acceptors (Lipinski definition) is 5. The second-order valence-electron chi connectivity index (χ2n) is 4.79. The maximum Gasteiger partial charge on any atom is 0.339 e. The van der Waals surface area contributed by atoms with E-state index < -0.39 is 15.9 Å². The average Bonchev–Trinajstić information content (AvgIpc) is 2.90. The number of aromatic nitrogens is 2. The molecular formula is C15H11FN2O4S. The number of rotatable bonds is 3. The topological polar surface area (TPSA) is 78.3 Å². The van der Waals surface area contributed by atoms with Gasteiger partial charge in [-0.25, -0.2) is 9.07 Å². The molecule has 0 aliphatic rings. The summed E-state index contributed by atoms with van der Waals surface area (Å²) in [6.45, 7) is 1.37. The van der Waals surface area contributed by atoms with E-state index in [1.807, 2.05) is 0 Å². The highest BCUT2D eigenvalue weighted by Crippen LogP contribution is 2.24. The zero-order valence-corrected chi connectivity index (χ0v) is 12.7. The van der Waals surface area contributed by atoms with Crippen molar-refractivity contribution in [2.75, 3.05) is 0 Å². The predicted molar refractivity (Wildman–Crippen MR) is 80.2 cm³/mol. The number of benzene rings is 2. The van der Waals surface area contributed by atoms with E-state index in [0.29, 0.717) is 10.9 Å². The SMILES string of the molecule is CC(=O)n1ncc2cc(OS(=O)(=O)c3cccc(F)c3)ccc21. The van der Waals surface area contributed by atoms with Crippen LogP contribution >= 0.6 is 0 Å². The van der Waals surface area contributed by atoms with Crippen molar-refractivity contribution in [1.29, 1.82) is 0 Å². The van der Waals surface area contributed by atoms with Gasteiger partial charge in [0.15, 0.2) is 0 Å². The number of fused-ring (bicyclic) bond motifs is 1. The Morgan fingerprint density at radius 2 is 2.00 bits per heavy atom. The largest absolute Gasteiger partial charge is 0.379 e. The van der Waals surface area contributed by atoms with Gasteiger partial charge in [-0.2, -0.15) is 13.5 Å². The first-order valence-electron chi connectivity index (χ1n) is 6.55. The van der Waals surface area contributed by atoms with Crippen molar-refractivity contribution < 1.29 is 21.8 Å². The van der Waals surface area contributed by atoms with Gasteiger partial charge in [0.25, 0.3) is 0 Å². The minimum Gasteiger partial charge on any atom is -0.379 e. The Kier molecular flexibility index (Phi) is 3.61. The number of hydrogen-bond donors (Lipinski definition) is 0. The predicted octanol–water partition coefficient (Wildman–Crippen LogP) is 2.60. The first kappa shape index (κ1) is 15.2. The average molecular weight is 334 g/mol. The summed E-state index contributed by atoms with van der Waals surface area (Å²) >= 11 is 0. The maximum absolute atomic E-state index is 13.2. The molecule has 1 aromatic heterocycles. The van der Waals surface area contributed by atoms with Gasteiger partial charge in [0, 0.05) is 12.3 Å². The van der Waals surface area contributed by atoms with E-state index in [2.05, 4.69) is 5.10 Å². The van der Waals surface area contributed by atoms with E-state index in [-0.39, 0.29) is 16.6 Å². The summed E-state index contributed by atoms with van der Waals surface area (Å²) in [4.78, 5) is 11.1. The molecule has 0 unspecified atom stereocenters. The molecule has 3 rings (SSSR count). The molecular weight excluding hydrogens is 323 g/mol. The van der Waals surface area contributed by atoms with Crippen molar-refractivity contribution >= 4 is 26.9 Å². The Hall–Kier alpha value is -2.74. The van der Waals surface area contributed by atoms with Crippen LogP contribution in [0.25, 0.3) is 10.9 Å². The fraction of sp³-hybridized carbons (Fsp3) is 0.0667. The molecule has 118 valence electrons. The Bertz CT molecular complexity index is 1010. The number of carbonyl (C=O) groups excluding carboxylic acids is 1. The van der Waals surface area contributed by atoms with Crippen LogP contribution in [0.1, 0.15) is 11.7 Å². The molecule has 0 N–H and O–H groups in total. The van der Waals surface area contributed by atoms with Gasteiger partial charge in [-0.05, 0) is 36.4 Å². The third-order valence-electron chi connectivity index (χ3n) is 3.13. The molecule has 1 heterocycles. The Labute approximate surface area is 131 Å². The van der Waals surface area contributed by atoms with Crippen LogP contribution in [0.5, 0.6) is 5.75 Å². The Morgan fingerprint density at radius 1 is 1.22 bits per heavy atom. The number of halogens is 1. The lowest BCUT2D eigenvalue weighted by Crippen LogP contribution is -2.10. The molecule has 6 nitrogen and oxygen atoms in total. The fourth-order valence-electron chi connectivity index (χ4n) is 2.11. The normalized spacial score (nSPS) is 11.6. The zero-order chi connectivity index (χ0) is 16.6. The van der Waals surface area contributed by atoms with E-state index in [4.69, 9.17) is 4.18 Å². The highest BCUT2D eigenvalue weighted by Gasteiger charge is 2.18. The van der Waals surface area contributed by atoms with E-state index in [1.54, 1.807) is 0 Å². The third-order valence-corrected chi connectivity index (χ3v) is 4.37. The standard InChI is InChI=1S/C15H11FN2O4S/c1-10(19)18-15-6-5-13(7-11(15)9-17-18)22-23(20,21)14-4-2-3-12(16)8-14/h2-9H,1H3. The van der Waals surface area contributed by atoms with E-state index in [0.717, 1.165) is 12.1 Å². The summed E-state index contributed by atoms with van der Waals surface area (Å²) < 4.78 is 43.6. The molecule has 23 heavy (non-hydrogen) atoms. The van der Waals surface area contributed by atoms with E-state index >= 15 is 0 Å². The summed E-state index contributed by atoms with van der Waals surface area (Å²) in [5, 5.41) is 4.46. The van der Waals surface area contributed by atoms with Crippen LogP contribution in [0.2, 0.25) is 0 Å². The molecule has 0 aliphatic carbocycles. The van der Waals surface area contributed by atoms with Gasteiger partial charge < -0.3 is 4.18 Å². The maximum atomic E-state index is 13.2. The monoisotopic (exact) mass is 334 g/mol. The lowest BCUT2D eigenvalue weighted by molar-refractivity contribution is 0.0926. The van der Waals surface area contributed by atoms with Crippen LogP contribution in [0.4, 0.5) is 4.39 Å². The summed E-state index contributed by atoms with van der Waals surface area (Å²) in [5.74, 6) is -0.890. The van der Waals surface area contributed by atoms with Crippen LogP contribution in [0.3, 0.4) is 0 Å². The highest BCUT2D eigenvalue weighted by molar-refractivity contribution is 7.87. The van der Waals surface area contributed by atoms with Crippen LogP contribution in [0.15, 0.2) is 53.6 Å². The van der Waals surface area contributed by atoms with Gasteiger partial charge in [0.1, 0.15) is 16.5 Å². The quantitative estimate of drug-likeness (QED) is 0.688. The van der Waals surface area contributed by atoms with Crippen LogP contribution < -0.4 is 4.18 Å².